The summed E-state index contributed by atoms with van der Waals surface area (Å²) >= 11 is 3.51. The van der Waals surface area contributed by atoms with Crippen LogP contribution in [-0.4, -0.2) is 18.3 Å². The molecular formula is C16H25BrO3. The Morgan fingerprint density at radius 1 is 1.05 bits per heavy atom. The van der Waals surface area contributed by atoms with E-state index in [0.29, 0.717) is 30.6 Å². The largest absolute Gasteiger partial charge is 0.490 e. The Hall–Kier alpha value is -0.740. The maximum Gasteiger partial charge on any atom is 0.162 e. The number of halogens is 1. The Morgan fingerprint density at radius 2 is 1.60 bits per heavy atom. The molecule has 1 unspecified atom stereocenters. The molecular weight excluding hydrogens is 320 g/mol. The van der Waals surface area contributed by atoms with Crippen LogP contribution >= 0.6 is 15.9 Å². The molecule has 0 aliphatic rings. The molecule has 4 heteroatoms. The molecule has 0 spiro atoms. The van der Waals surface area contributed by atoms with Gasteiger partial charge in [0.1, 0.15) is 0 Å². The lowest BCUT2D eigenvalue weighted by Crippen LogP contribution is -2.04. The summed E-state index contributed by atoms with van der Waals surface area (Å²) in [7, 11) is 0. The van der Waals surface area contributed by atoms with Crippen molar-refractivity contribution in [2.45, 2.75) is 46.6 Å². The number of aliphatic hydroxyl groups is 1. The van der Waals surface area contributed by atoms with E-state index in [9.17, 15) is 5.11 Å². The molecule has 0 aromatic heterocycles. The van der Waals surface area contributed by atoms with Crippen LogP contribution in [-0.2, 0) is 0 Å². The number of aliphatic hydroxyl groups excluding tert-OH is 1. The van der Waals surface area contributed by atoms with Crippen LogP contribution in [0.5, 0.6) is 11.5 Å². The van der Waals surface area contributed by atoms with E-state index in [1.165, 1.54) is 0 Å². The highest BCUT2D eigenvalue weighted by molar-refractivity contribution is 9.10. The molecule has 3 nitrogen and oxygen atoms in total. The molecule has 0 fully saturated rings. The van der Waals surface area contributed by atoms with Gasteiger partial charge in [-0.25, -0.2) is 0 Å². The third kappa shape index (κ3) is 4.98. The molecule has 0 saturated heterocycles. The average molecular weight is 345 g/mol. The minimum atomic E-state index is -0.485. The van der Waals surface area contributed by atoms with E-state index in [4.69, 9.17) is 9.47 Å². The first kappa shape index (κ1) is 17.3. The van der Waals surface area contributed by atoms with Crippen LogP contribution in [0.4, 0.5) is 0 Å². The summed E-state index contributed by atoms with van der Waals surface area (Å²) in [5, 5.41) is 10.3. The molecule has 114 valence electrons. The van der Waals surface area contributed by atoms with Crippen molar-refractivity contribution in [2.24, 2.45) is 5.92 Å². The lowest BCUT2D eigenvalue weighted by molar-refractivity contribution is 0.157. The second-order valence-electron chi connectivity index (χ2n) is 5.17. The van der Waals surface area contributed by atoms with Crippen molar-refractivity contribution in [2.75, 3.05) is 13.2 Å². The van der Waals surface area contributed by atoms with Crippen LogP contribution in [0.15, 0.2) is 16.6 Å². The first-order valence-corrected chi connectivity index (χ1v) is 8.05. The maximum atomic E-state index is 10.3. The highest BCUT2D eigenvalue weighted by Crippen LogP contribution is 2.37. The standard InChI is InChI=1S/C16H25BrO3/c1-5-19-15-9-12(14(18)8-7-11(3)4)13(17)10-16(15)20-6-2/h9-11,14,18H,5-8H2,1-4H3. The van der Waals surface area contributed by atoms with Crippen LogP contribution in [0.2, 0.25) is 0 Å². The fourth-order valence-corrected chi connectivity index (χ4v) is 2.58. The van der Waals surface area contributed by atoms with Gasteiger partial charge in [-0.15, -0.1) is 0 Å². The normalized spacial score (nSPS) is 12.6. The van der Waals surface area contributed by atoms with Crippen LogP contribution in [0.3, 0.4) is 0 Å². The van der Waals surface area contributed by atoms with Crippen LogP contribution in [0.1, 0.15) is 52.2 Å². The molecule has 1 N–H and O–H groups in total. The molecule has 0 heterocycles. The van der Waals surface area contributed by atoms with Crippen molar-refractivity contribution in [3.63, 3.8) is 0 Å². The Kier molecular flexibility index (Phi) is 7.38. The molecule has 1 aromatic carbocycles. The van der Waals surface area contributed by atoms with E-state index < -0.39 is 6.10 Å². The molecule has 0 aliphatic heterocycles. The quantitative estimate of drug-likeness (QED) is 0.741. The van der Waals surface area contributed by atoms with Crippen molar-refractivity contribution in [3.8, 4) is 11.5 Å². The van der Waals surface area contributed by atoms with E-state index in [1.54, 1.807) is 0 Å². The fraction of sp³-hybridized carbons (Fsp3) is 0.625. The second-order valence-corrected chi connectivity index (χ2v) is 6.03. The van der Waals surface area contributed by atoms with Gasteiger partial charge in [0.15, 0.2) is 11.5 Å². The number of rotatable bonds is 8. The van der Waals surface area contributed by atoms with E-state index in [2.05, 4.69) is 29.8 Å². The summed E-state index contributed by atoms with van der Waals surface area (Å²) < 4.78 is 12.0. The SMILES string of the molecule is CCOc1cc(Br)c(C(O)CCC(C)C)cc1OCC. The Labute approximate surface area is 130 Å². The first-order valence-electron chi connectivity index (χ1n) is 7.26. The number of hydrogen-bond donors (Lipinski definition) is 1. The van der Waals surface area contributed by atoms with Crippen LogP contribution in [0.25, 0.3) is 0 Å². The van der Waals surface area contributed by atoms with Gasteiger partial charge in [-0.05, 0) is 50.3 Å². The monoisotopic (exact) mass is 344 g/mol. The molecule has 0 amide bonds. The third-order valence-electron chi connectivity index (χ3n) is 3.04. The number of benzene rings is 1. The van der Waals surface area contributed by atoms with E-state index in [0.717, 1.165) is 22.9 Å². The zero-order valence-corrected chi connectivity index (χ0v) is 14.4. The minimum Gasteiger partial charge on any atom is -0.490 e. The third-order valence-corrected chi connectivity index (χ3v) is 3.73. The molecule has 20 heavy (non-hydrogen) atoms. The molecule has 1 rings (SSSR count). The van der Waals surface area contributed by atoms with Gasteiger partial charge in [-0.3, -0.25) is 0 Å². The zero-order chi connectivity index (χ0) is 15.1. The van der Waals surface area contributed by atoms with Gasteiger partial charge in [0, 0.05) is 4.47 Å². The first-order chi connectivity index (χ1) is 9.49. The summed E-state index contributed by atoms with van der Waals surface area (Å²) in [6, 6.07) is 3.76. The molecule has 1 atom stereocenters. The lowest BCUT2D eigenvalue weighted by Gasteiger charge is -2.18. The Bertz CT molecular complexity index is 418. The van der Waals surface area contributed by atoms with Gasteiger partial charge in [0.05, 0.1) is 19.3 Å². The van der Waals surface area contributed by atoms with E-state index >= 15 is 0 Å². The summed E-state index contributed by atoms with van der Waals surface area (Å²) in [5.41, 5.74) is 0.859. The Morgan fingerprint density at radius 3 is 2.10 bits per heavy atom. The van der Waals surface area contributed by atoms with Crippen molar-refractivity contribution < 1.29 is 14.6 Å². The topological polar surface area (TPSA) is 38.7 Å². The van der Waals surface area contributed by atoms with Gasteiger partial charge in [0.2, 0.25) is 0 Å². The Balaban J connectivity index is 2.98. The van der Waals surface area contributed by atoms with Gasteiger partial charge in [-0.1, -0.05) is 29.8 Å². The summed E-state index contributed by atoms with van der Waals surface area (Å²) in [4.78, 5) is 0. The maximum absolute atomic E-state index is 10.3. The summed E-state index contributed by atoms with van der Waals surface area (Å²) in [6.45, 7) is 9.35. The number of ether oxygens (including phenoxy) is 2. The van der Waals surface area contributed by atoms with Crippen LogP contribution < -0.4 is 9.47 Å². The molecule has 0 aliphatic carbocycles. The van der Waals surface area contributed by atoms with Gasteiger partial charge in [0.25, 0.3) is 0 Å². The minimum absolute atomic E-state index is 0.485. The fourth-order valence-electron chi connectivity index (χ4n) is 1.99. The highest BCUT2D eigenvalue weighted by Gasteiger charge is 2.17. The van der Waals surface area contributed by atoms with Gasteiger partial charge >= 0.3 is 0 Å². The number of hydrogen-bond acceptors (Lipinski definition) is 3. The predicted octanol–water partition coefficient (Wildman–Crippen LogP) is 4.72. The van der Waals surface area contributed by atoms with Crippen molar-refractivity contribution in [1.82, 2.24) is 0 Å². The van der Waals surface area contributed by atoms with Gasteiger partial charge in [-0.2, -0.15) is 0 Å². The molecule has 0 saturated carbocycles. The average Bonchev–Trinajstić information content (AvgIpc) is 2.39. The molecule has 0 bridgehead atoms. The van der Waals surface area contributed by atoms with Crippen molar-refractivity contribution >= 4 is 15.9 Å². The van der Waals surface area contributed by atoms with E-state index in [1.807, 2.05) is 26.0 Å². The lowest BCUT2D eigenvalue weighted by atomic mass is 9.99. The van der Waals surface area contributed by atoms with Crippen LogP contribution in [0, 0.1) is 5.92 Å². The van der Waals surface area contributed by atoms with Crippen molar-refractivity contribution in [1.29, 1.82) is 0 Å². The second kappa shape index (κ2) is 8.53. The summed E-state index contributed by atoms with van der Waals surface area (Å²) in [5.74, 6) is 1.98. The molecule has 0 radical (unpaired) electrons. The predicted molar refractivity (Wildman–Crippen MR) is 85.5 cm³/mol. The van der Waals surface area contributed by atoms with Gasteiger partial charge < -0.3 is 14.6 Å². The zero-order valence-electron chi connectivity index (χ0n) is 12.8. The summed E-state index contributed by atoms with van der Waals surface area (Å²) in [6.07, 6.45) is 1.25. The van der Waals surface area contributed by atoms with E-state index in [-0.39, 0.29) is 0 Å². The molecule has 1 aromatic rings. The van der Waals surface area contributed by atoms with Crippen molar-refractivity contribution in [3.05, 3.63) is 22.2 Å². The highest BCUT2D eigenvalue weighted by atomic mass is 79.9. The smallest absolute Gasteiger partial charge is 0.162 e.